The van der Waals surface area contributed by atoms with Crippen molar-refractivity contribution < 1.29 is 14.3 Å². The largest absolute Gasteiger partial charge is 0.462 e. The molecule has 0 saturated carbocycles. The Kier molecular flexibility index (Phi) is 5.45. The summed E-state index contributed by atoms with van der Waals surface area (Å²) in [5.74, 6) is -0.378. The fourth-order valence-corrected chi connectivity index (χ4v) is 1.65. The predicted molar refractivity (Wildman–Crippen MR) is 71.8 cm³/mol. The van der Waals surface area contributed by atoms with E-state index in [0.29, 0.717) is 30.2 Å². The lowest BCUT2D eigenvalue weighted by atomic mass is 10.1. The molecule has 0 amide bonds. The number of ether oxygens (including phenoxy) is 2. The first-order valence-electron chi connectivity index (χ1n) is 5.91. The Morgan fingerprint density at radius 3 is 2.83 bits per heavy atom. The molecule has 18 heavy (non-hydrogen) atoms. The topological polar surface area (TPSA) is 73.6 Å². The number of nitrogens with one attached hydrogen (secondary N) is 1. The highest BCUT2D eigenvalue weighted by molar-refractivity contribution is 5.98. The van der Waals surface area contributed by atoms with E-state index in [1.165, 1.54) is 0 Å². The summed E-state index contributed by atoms with van der Waals surface area (Å²) in [5, 5.41) is 3.17. The molecule has 5 nitrogen and oxygen atoms in total. The predicted octanol–water partition coefficient (Wildman–Crippen LogP) is 1.89. The monoisotopic (exact) mass is 252 g/mol. The molecule has 0 radical (unpaired) electrons. The second kappa shape index (κ2) is 6.86. The highest BCUT2D eigenvalue weighted by atomic mass is 16.5. The Labute approximate surface area is 107 Å². The third kappa shape index (κ3) is 3.63. The molecule has 0 heterocycles. The first-order valence-corrected chi connectivity index (χ1v) is 5.91. The van der Waals surface area contributed by atoms with Crippen LogP contribution >= 0.6 is 0 Å². The van der Waals surface area contributed by atoms with Gasteiger partial charge in [0.2, 0.25) is 0 Å². The zero-order valence-corrected chi connectivity index (χ0v) is 11.0. The molecule has 0 saturated heterocycles. The standard InChI is InChI=1S/C13H20N2O3/c1-4-18-13(16)10-6-5-7-11(14)12(10)15-9(2)8-17-3/h5-7,9,15H,4,8,14H2,1-3H3. The van der Waals surface area contributed by atoms with Crippen molar-refractivity contribution in [2.45, 2.75) is 19.9 Å². The van der Waals surface area contributed by atoms with Crippen LogP contribution in [0.5, 0.6) is 0 Å². The Bertz CT molecular complexity index is 407. The van der Waals surface area contributed by atoms with E-state index in [0.717, 1.165) is 0 Å². The number of carbonyl (C=O) groups is 1. The van der Waals surface area contributed by atoms with Crippen LogP contribution in [0.15, 0.2) is 18.2 Å². The van der Waals surface area contributed by atoms with Gasteiger partial charge in [-0.2, -0.15) is 0 Å². The fraction of sp³-hybridized carbons (Fsp3) is 0.462. The lowest BCUT2D eigenvalue weighted by Gasteiger charge is -2.18. The Hall–Kier alpha value is -1.75. The van der Waals surface area contributed by atoms with Crippen molar-refractivity contribution in [3.8, 4) is 0 Å². The molecular weight excluding hydrogens is 232 g/mol. The van der Waals surface area contributed by atoms with Crippen molar-refractivity contribution in [3.05, 3.63) is 23.8 Å². The molecule has 3 N–H and O–H groups in total. The van der Waals surface area contributed by atoms with Gasteiger partial charge < -0.3 is 20.5 Å². The zero-order chi connectivity index (χ0) is 13.5. The maximum atomic E-state index is 11.8. The van der Waals surface area contributed by atoms with E-state index in [4.69, 9.17) is 15.2 Å². The molecule has 1 aromatic rings. The molecule has 1 rings (SSSR count). The van der Waals surface area contributed by atoms with Crippen LogP contribution in [0.25, 0.3) is 0 Å². The molecular formula is C13H20N2O3. The van der Waals surface area contributed by atoms with Crippen LogP contribution in [-0.4, -0.2) is 32.3 Å². The van der Waals surface area contributed by atoms with Crippen LogP contribution in [0.1, 0.15) is 24.2 Å². The SMILES string of the molecule is CCOC(=O)c1cccc(N)c1NC(C)COC. The number of nitrogen functional groups attached to an aromatic ring is 1. The quantitative estimate of drug-likeness (QED) is 0.597. The summed E-state index contributed by atoms with van der Waals surface area (Å²) in [6, 6.07) is 5.21. The lowest BCUT2D eigenvalue weighted by molar-refractivity contribution is 0.0527. The van der Waals surface area contributed by atoms with Gasteiger partial charge >= 0.3 is 5.97 Å². The second-order valence-corrected chi connectivity index (χ2v) is 3.99. The summed E-state index contributed by atoms with van der Waals surface area (Å²) in [6.07, 6.45) is 0. The summed E-state index contributed by atoms with van der Waals surface area (Å²) in [5.41, 5.74) is 7.45. The molecule has 0 aliphatic rings. The van der Waals surface area contributed by atoms with Crippen LogP contribution in [0, 0.1) is 0 Å². The van der Waals surface area contributed by atoms with E-state index in [-0.39, 0.29) is 12.0 Å². The highest BCUT2D eigenvalue weighted by Crippen LogP contribution is 2.25. The van der Waals surface area contributed by atoms with E-state index in [2.05, 4.69) is 5.32 Å². The molecule has 0 bridgehead atoms. The van der Waals surface area contributed by atoms with Gasteiger partial charge in [0, 0.05) is 13.2 Å². The molecule has 1 atom stereocenters. The molecule has 0 spiro atoms. The normalized spacial score (nSPS) is 11.9. The van der Waals surface area contributed by atoms with Gasteiger partial charge in [-0.3, -0.25) is 0 Å². The second-order valence-electron chi connectivity index (χ2n) is 3.99. The van der Waals surface area contributed by atoms with Crippen molar-refractivity contribution in [3.63, 3.8) is 0 Å². The first kappa shape index (κ1) is 14.3. The summed E-state index contributed by atoms with van der Waals surface area (Å²) in [4.78, 5) is 11.8. The van der Waals surface area contributed by atoms with Crippen molar-refractivity contribution >= 4 is 17.3 Å². The molecule has 0 aromatic heterocycles. The zero-order valence-electron chi connectivity index (χ0n) is 11.0. The van der Waals surface area contributed by atoms with Crippen molar-refractivity contribution in [1.29, 1.82) is 0 Å². The number of hydrogen-bond donors (Lipinski definition) is 2. The van der Waals surface area contributed by atoms with E-state index < -0.39 is 0 Å². The van der Waals surface area contributed by atoms with Gasteiger partial charge in [0.15, 0.2) is 0 Å². The number of nitrogens with two attached hydrogens (primary N) is 1. The smallest absolute Gasteiger partial charge is 0.340 e. The van der Waals surface area contributed by atoms with Gasteiger partial charge in [-0.05, 0) is 26.0 Å². The van der Waals surface area contributed by atoms with Crippen molar-refractivity contribution in [2.24, 2.45) is 0 Å². The first-order chi connectivity index (χ1) is 8.60. The van der Waals surface area contributed by atoms with E-state index >= 15 is 0 Å². The summed E-state index contributed by atoms with van der Waals surface area (Å²) in [6.45, 7) is 4.58. The average Bonchev–Trinajstić information content (AvgIpc) is 2.32. The van der Waals surface area contributed by atoms with Crippen LogP contribution in [0.4, 0.5) is 11.4 Å². The number of methoxy groups -OCH3 is 1. The number of hydrogen-bond acceptors (Lipinski definition) is 5. The molecule has 100 valence electrons. The molecule has 1 aromatic carbocycles. The Balaban J connectivity index is 2.97. The molecule has 0 aliphatic carbocycles. The van der Waals surface area contributed by atoms with E-state index in [9.17, 15) is 4.79 Å². The molecule has 1 unspecified atom stereocenters. The van der Waals surface area contributed by atoms with Gasteiger partial charge in [0.25, 0.3) is 0 Å². The van der Waals surface area contributed by atoms with E-state index in [1.807, 2.05) is 6.92 Å². The number of carbonyl (C=O) groups excluding carboxylic acids is 1. The van der Waals surface area contributed by atoms with Crippen LogP contribution in [0.2, 0.25) is 0 Å². The summed E-state index contributed by atoms with van der Waals surface area (Å²) >= 11 is 0. The third-order valence-corrected chi connectivity index (χ3v) is 2.40. The van der Waals surface area contributed by atoms with Gasteiger partial charge in [-0.1, -0.05) is 6.07 Å². The molecule has 5 heteroatoms. The maximum Gasteiger partial charge on any atom is 0.340 e. The highest BCUT2D eigenvalue weighted by Gasteiger charge is 2.16. The summed E-state index contributed by atoms with van der Waals surface area (Å²) < 4.78 is 10.0. The third-order valence-electron chi connectivity index (χ3n) is 2.40. The number of benzene rings is 1. The number of para-hydroxylation sites is 1. The van der Waals surface area contributed by atoms with Crippen LogP contribution in [-0.2, 0) is 9.47 Å². The Morgan fingerprint density at radius 2 is 2.22 bits per heavy atom. The lowest BCUT2D eigenvalue weighted by Crippen LogP contribution is -2.23. The Morgan fingerprint density at radius 1 is 1.50 bits per heavy atom. The number of rotatable bonds is 6. The minimum absolute atomic E-state index is 0.0490. The van der Waals surface area contributed by atoms with Crippen LogP contribution < -0.4 is 11.1 Å². The molecule has 0 aliphatic heterocycles. The van der Waals surface area contributed by atoms with Gasteiger partial charge in [0.1, 0.15) is 0 Å². The maximum absolute atomic E-state index is 11.8. The molecule has 0 fully saturated rings. The number of anilines is 2. The fourth-order valence-electron chi connectivity index (χ4n) is 1.65. The van der Waals surface area contributed by atoms with E-state index in [1.54, 1.807) is 32.2 Å². The van der Waals surface area contributed by atoms with Gasteiger partial charge in [-0.25, -0.2) is 4.79 Å². The average molecular weight is 252 g/mol. The summed E-state index contributed by atoms with van der Waals surface area (Å²) in [7, 11) is 1.62. The minimum atomic E-state index is -0.378. The van der Waals surface area contributed by atoms with Crippen LogP contribution in [0.3, 0.4) is 0 Å². The van der Waals surface area contributed by atoms with Gasteiger partial charge in [0.05, 0.1) is 30.2 Å². The van der Waals surface area contributed by atoms with Crippen molar-refractivity contribution in [2.75, 3.05) is 31.4 Å². The van der Waals surface area contributed by atoms with Crippen molar-refractivity contribution in [1.82, 2.24) is 0 Å². The number of esters is 1. The minimum Gasteiger partial charge on any atom is -0.462 e. The van der Waals surface area contributed by atoms with Gasteiger partial charge in [-0.15, -0.1) is 0 Å².